The van der Waals surface area contributed by atoms with Gasteiger partial charge in [0.05, 0.1) is 41.3 Å². The number of morpholine rings is 1. The number of likely N-dealkylation sites (N-methyl/N-ethyl adjacent to an activating group) is 1. The number of nitrogens with one attached hydrogen (secondary N) is 1. The van der Waals surface area contributed by atoms with Crippen LogP contribution in [0.1, 0.15) is 5.69 Å². The molecule has 1 atom stereocenters. The summed E-state index contributed by atoms with van der Waals surface area (Å²) < 4.78 is 17.9. The summed E-state index contributed by atoms with van der Waals surface area (Å²) >= 11 is 6.52. The molecule has 208 valence electrons. The summed E-state index contributed by atoms with van der Waals surface area (Å²) in [6.07, 6.45) is 2.98. The van der Waals surface area contributed by atoms with Crippen LogP contribution in [-0.2, 0) is 16.1 Å². The summed E-state index contributed by atoms with van der Waals surface area (Å²) in [5.41, 5.74) is 2.27. The van der Waals surface area contributed by atoms with Gasteiger partial charge in [-0.15, -0.1) is 0 Å². The highest BCUT2D eigenvalue weighted by atomic mass is 35.5. The van der Waals surface area contributed by atoms with Crippen molar-refractivity contribution in [2.75, 3.05) is 52.3 Å². The molecule has 0 saturated carbocycles. The summed E-state index contributed by atoms with van der Waals surface area (Å²) in [5, 5.41) is 4.52. The number of halogens is 1. The second-order valence-electron chi connectivity index (χ2n) is 9.63. The second kappa shape index (κ2) is 12.9. The van der Waals surface area contributed by atoms with Gasteiger partial charge >= 0.3 is 0 Å². The Balaban J connectivity index is 1.28. The predicted molar refractivity (Wildman–Crippen MR) is 153 cm³/mol. The van der Waals surface area contributed by atoms with Crippen LogP contribution in [-0.4, -0.2) is 83.7 Å². The van der Waals surface area contributed by atoms with E-state index in [4.69, 9.17) is 25.8 Å². The first kappa shape index (κ1) is 27.6. The van der Waals surface area contributed by atoms with Gasteiger partial charge in [0.1, 0.15) is 43.0 Å². The number of anilines is 2. The van der Waals surface area contributed by atoms with Crippen LogP contribution < -0.4 is 14.8 Å². The van der Waals surface area contributed by atoms with Crippen LogP contribution in [0.25, 0.3) is 10.9 Å². The third kappa shape index (κ3) is 6.95. The number of hydrogen-bond acceptors (Lipinski definition) is 9. The smallest absolute Gasteiger partial charge is 0.236 e. The third-order valence-corrected chi connectivity index (χ3v) is 6.58. The number of carbonyl (C=O) groups is 1. The van der Waals surface area contributed by atoms with Gasteiger partial charge in [0.2, 0.25) is 5.91 Å². The fraction of sp³-hybridized carbons (Fsp3) is 0.310. The van der Waals surface area contributed by atoms with Gasteiger partial charge in [-0.1, -0.05) is 23.7 Å². The lowest BCUT2D eigenvalue weighted by atomic mass is 10.2. The van der Waals surface area contributed by atoms with Gasteiger partial charge in [-0.3, -0.25) is 9.78 Å². The van der Waals surface area contributed by atoms with E-state index in [0.717, 1.165) is 22.3 Å². The van der Waals surface area contributed by atoms with Gasteiger partial charge in [0.15, 0.2) is 0 Å². The molecule has 3 heterocycles. The van der Waals surface area contributed by atoms with E-state index in [-0.39, 0.29) is 18.6 Å². The summed E-state index contributed by atoms with van der Waals surface area (Å²) in [7, 11) is 3.76. The Morgan fingerprint density at radius 2 is 2.00 bits per heavy atom. The highest BCUT2D eigenvalue weighted by molar-refractivity contribution is 6.32. The van der Waals surface area contributed by atoms with Crippen molar-refractivity contribution in [2.45, 2.75) is 12.7 Å². The molecule has 0 bridgehead atoms. The number of benzene rings is 2. The Kier molecular flexibility index (Phi) is 8.90. The molecule has 1 saturated heterocycles. The predicted octanol–water partition coefficient (Wildman–Crippen LogP) is 4.17. The Hall–Kier alpha value is -3.99. The van der Waals surface area contributed by atoms with Crippen LogP contribution in [0.2, 0.25) is 5.02 Å². The van der Waals surface area contributed by atoms with Gasteiger partial charge in [-0.25, -0.2) is 9.97 Å². The molecule has 2 aromatic carbocycles. The number of hydrogen-bond donors (Lipinski definition) is 1. The van der Waals surface area contributed by atoms with E-state index in [2.05, 4.69) is 20.3 Å². The van der Waals surface area contributed by atoms with Crippen LogP contribution in [0.3, 0.4) is 0 Å². The molecular weight excluding hydrogens is 532 g/mol. The molecule has 2 aromatic heterocycles. The minimum absolute atomic E-state index is 0.0789. The van der Waals surface area contributed by atoms with Gasteiger partial charge in [-0.2, -0.15) is 0 Å². The van der Waals surface area contributed by atoms with E-state index in [9.17, 15) is 4.79 Å². The number of pyridine rings is 1. The van der Waals surface area contributed by atoms with Crippen molar-refractivity contribution in [1.29, 1.82) is 0 Å². The minimum Gasteiger partial charge on any atom is -0.490 e. The fourth-order valence-corrected chi connectivity index (χ4v) is 4.60. The summed E-state index contributed by atoms with van der Waals surface area (Å²) in [4.78, 5) is 29.4. The van der Waals surface area contributed by atoms with Crippen molar-refractivity contribution in [3.05, 3.63) is 77.8 Å². The van der Waals surface area contributed by atoms with E-state index < -0.39 is 0 Å². The zero-order chi connectivity index (χ0) is 27.9. The molecule has 4 aromatic rings. The normalized spacial score (nSPS) is 15.3. The highest BCUT2D eigenvalue weighted by Crippen LogP contribution is 2.34. The van der Waals surface area contributed by atoms with Gasteiger partial charge in [0, 0.05) is 18.4 Å². The molecule has 11 heteroatoms. The number of rotatable bonds is 10. The van der Waals surface area contributed by atoms with Crippen molar-refractivity contribution < 1.29 is 19.0 Å². The fourth-order valence-electron chi connectivity index (χ4n) is 4.36. The van der Waals surface area contributed by atoms with Crippen LogP contribution in [0.4, 0.5) is 11.5 Å². The van der Waals surface area contributed by atoms with E-state index >= 15 is 0 Å². The molecule has 0 aliphatic carbocycles. The maximum Gasteiger partial charge on any atom is 0.236 e. The molecule has 1 aliphatic rings. The Morgan fingerprint density at radius 1 is 1.10 bits per heavy atom. The van der Waals surface area contributed by atoms with Crippen molar-refractivity contribution >= 4 is 39.9 Å². The van der Waals surface area contributed by atoms with E-state index in [1.54, 1.807) is 18.3 Å². The molecule has 0 unspecified atom stereocenters. The molecule has 40 heavy (non-hydrogen) atoms. The maximum atomic E-state index is 12.5. The highest BCUT2D eigenvalue weighted by Gasteiger charge is 2.25. The Morgan fingerprint density at radius 3 is 2.80 bits per heavy atom. The van der Waals surface area contributed by atoms with Crippen molar-refractivity contribution in [2.24, 2.45) is 0 Å². The Bertz CT molecular complexity index is 1450. The van der Waals surface area contributed by atoms with E-state index in [1.807, 2.05) is 66.4 Å². The molecule has 1 fully saturated rings. The van der Waals surface area contributed by atoms with Crippen LogP contribution in [0.15, 0.2) is 67.1 Å². The number of carbonyl (C=O) groups excluding carboxylic acids is 1. The molecule has 10 nitrogen and oxygen atoms in total. The quantitative estimate of drug-likeness (QED) is 0.305. The number of nitrogens with zero attached hydrogens (tertiary/aromatic N) is 5. The SMILES string of the molecule is CN(C)CC(=O)N1CCO[C@H](COc2cccc3ncnc(Nc4ccc(OCc5ccccn5)c(Cl)c4)c23)C1. The lowest BCUT2D eigenvalue weighted by molar-refractivity contribution is -0.140. The summed E-state index contributed by atoms with van der Waals surface area (Å²) in [5.74, 6) is 1.82. The van der Waals surface area contributed by atoms with Crippen molar-refractivity contribution in [3.63, 3.8) is 0 Å². The molecule has 1 amide bonds. The lowest BCUT2D eigenvalue weighted by Gasteiger charge is -2.33. The number of amides is 1. The zero-order valence-corrected chi connectivity index (χ0v) is 23.2. The third-order valence-electron chi connectivity index (χ3n) is 6.29. The van der Waals surface area contributed by atoms with Crippen molar-refractivity contribution in [1.82, 2.24) is 24.8 Å². The van der Waals surface area contributed by atoms with E-state index in [0.29, 0.717) is 55.2 Å². The zero-order valence-electron chi connectivity index (χ0n) is 22.4. The monoisotopic (exact) mass is 562 g/mol. The molecule has 5 rings (SSSR count). The summed E-state index contributed by atoms with van der Waals surface area (Å²) in [6.45, 7) is 2.50. The Labute approximate surface area is 237 Å². The first-order valence-electron chi connectivity index (χ1n) is 13.0. The molecule has 1 N–H and O–H groups in total. The standard InChI is InChI=1S/C29H31ClN6O4/c1-35(2)16-27(37)36-12-13-38-22(15-36)18-40-26-8-5-7-24-28(26)29(33-19-32-24)34-20-9-10-25(23(30)14-20)39-17-21-6-3-4-11-31-21/h3-11,14,19,22H,12-13,15-18H2,1-2H3,(H,32,33,34)/t22-/m0/s1. The van der Waals surface area contributed by atoms with Crippen molar-refractivity contribution in [3.8, 4) is 11.5 Å². The van der Waals surface area contributed by atoms with Crippen LogP contribution in [0, 0.1) is 0 Å². The van der Waals surface area contributed by atoms with Gasteiger partial charge in [-0.05, 0) is 56.6 Å². The average molecular weight is 563 g/mol. The average Bonchev–Trinajstić information content (AvgIpc) is 2.96. The lowest BCUT2D eigenvalue weighted by Crippen LogP contribution is -2.49. The van der Waals surface area contributed by atoms with Crippen LogP contribution in [0.5, 0.6) is 11.5 Å². The van der Waals surface area contributed by atoms with E-state index in [1.165, 1.54) is 6.33 Å². The number of aromatic nitrogens is 3. The second-order valence-corrected chi connectivity index (χ2v) is 10.0. The number of fused-ring (bicyclic) bond motifs is 1. The topological polar surface area (TPSA) is 102 Å². The van der Waals surface area contributed by atoms with Gasteiger partial charge < -0.3 is 29.3 Å². The molecule has 1 aliphatic heterocycles. The minimum atomic E-state index is -0.242. The largest absolute Gasteiger partial charge is 0.490 e. The van der Waals surface area contributed by atoms with Crippen LogP contribution >= 0.6 is 11.6 Å². The first-order valence-corrected chi connectivity index (χ1v) is 13.3. The molecule has 0 spiro atoms. The summed E-state index contributed by atoms with van der Waals surface area (Å²) in [6, 6.07) is 16.8. The molecular formula is C29H31ClN6O4. The maximum absolute atomic E-state index is 12.5. The number of ether oxygens (including phenoxy) is 3. The first-order chi connectivity index (χ1) is 19.5. The molecule has 0 radical (unpaired) electrons. The van der Waals surface area contributed by atoms with Gasteiger partial charge in [0.25, 0.3) is 0 Å².